The second-order valence-electron chi connectivity index (χ2n) is 4.89. The maximum atomic E-state index is 12.9. The van der Waals surface area contributed by atoms with Crippen LogP contribution in [-0.4, -0.2) is 16.4 Å². The van der Waals surface area contributed by atoms with Crippen molar-refractivity contribution in [2.75, 3.05) is 5.75 Å². The summed E-state index contributed by atoms with van der Waals surface area (Å²) in [5.74, 6) is 0.461. The zero-order chi connectivity index (χ0) is 13.9. The van der Waals surface area contributed by atoms with Crippen LogP contribution in [0.25, 0.3) is 6.08 Å². The minimum Gasteiger partial charge on any atom is -0.389 e. The molecular formula is C14H15ClFNOS. The van der Waals surface area contributed by atoms with Crippen molar-refractivity contribution in [1.82, 2.24) is 0 Å². The fourth-order valence-corrected chi connectivity index (χ4v) is 2.79. The predicted molar refractivity (Wildman–Crippen MR) is 80.1 cm³/mol. The van der Waals surface area contributed by atoms with E-state index in [1.807, 2.05) is 26.0 Å². The Kier molecular flexibility index (Phi) is 4.53. The quantitative estimate of drug-likeness (QED) is 0.804. The van der Waals surface area contributed by atoms with E-state index in [9.17, 15) is 4.39 Å². The molecule has 0 radical (unpaired) electrons. The maximum Gasteiger partial charge on any atom is 0.138 e. The van der Waals surface area contributed by atoms with Gasteiger partial charge < -0.3 is 4.84 Å². The fraction of sp³-hybridized carbons (Fsp3) is 0.357. The number of nitrogens with zero attached hydrogens (tertiary/aromatic N) is 1. The zero-order valence-electron chi connectivity index (χ0n) is 10.8. The highest BCUT2D eigenvalue weighted by Crippen LogP contribution is 2.27. The van der Waals surface area contributed by atoms with Gasteiger partial charge in [-0.25, -0.2) is 4.39 Å². The Morgan fingerprint density at radius 2 is 2.32 bits per heavy atom. The average Bonchev–Trinajstić information content (AvgIpc) is 2.67. The number of halogens is 2. The molecule has 1 heterocycles. The Morgan fingerprint density at radius 3 is 2.95 bits per heavy atom. The Balaban J connectivity index is 1.84. The lowest BCUT2D eigenvalue weighted by Crippen LogP contribution is -2.18. The van der Waals surface area contributed by atoms with Crippen molar-refractivity contribution in [1.29, 1.82) is 0 Å². The van der Waals surface area contributed by atoms with E-state index in [-0.39, 0.29) is 11.4 Å². The van der Waals surface area contributed by atoms with Gasteiger partial charge in [0.05, 0.1) is 5.02 Å². The molecule has 0 atom stereocenters. The van der Waals surface area contributed by atoms with Gasteiger partial charge in [0.25, 0.3) is 0 Å². The Morgan fingerprint density at radius 1 is 1.53 bits per heavy atom. The fourth-order valence-electron chi connectivity index (χ4n) is 1.64. The molecular weight excluding hydrogens is 285 g/mol. The van der Waals surface area contributed by atoms with E-state index in [4.69, 9.17) is 16.4 Å². The summed E-state index contributed by atoms with van der Waals surface area (Å²) in [6, 6.07) is 4.38. The van der Waals surface area contributed by atoms with Crippen LogP contribution in [0.5, 0.6) is 0 Å². The minimum atomic E-state index is -0.323. The molecule has 0 fully saturated rings. The lowest BCUT2D eigenvalue weighted by atomic mass is 10.1. The molecule has 19 heavy (non-hydrogen) atoms. The van der Waals surface area contributed by atoms with Gasteiger partial charge in [-0.05, 0) is 31.5 Å². The summed E-state index contributed by atoms with van der Waals surface area (Å²) in [5, 5.41) is 5.45. The monoisotopic (exact) mass is 299 g/mol. The smallest absolute Gasteiger partial charge is 0.138 e. The van der Waals surface area contributed by atoms with Crippen molar-refractivity contribution < 1.29 is 9.23 Å². The molecule has 0 saturated carbocycles. The van der Waals surface area contributed by atoms with Crippen molar-refractivity contribution in [3.8, 4) is 0 Å². The first-order valence-corrected chi connectivity index (χ1v) is 7.32. The SMILES string of the molecule is CC1(C)CC(SC/C=C/c2ccc(F)cc2Cl)=NO1. The molecule has 102 valence electrons. The van der Waals surface area contributed by atoms with Gasteiger partial charge in [0.1, 0.15) is 16.5 Å². The van der Waals surface area contributed by atoms with Crippen LogP contribution >= 0.6 is 23.4 Å². The summed E-state index contributed by atoms with van der Waals surface area (Å²) >= 11 is 7.57. The third kappa shape index (κ3) is 4.25. The summed E-state index contributed by atoms with van der Waals surface area (Å²) in [4.78, 5) is 5.28. The van der Waals surface area contributed by atoms with E-state index >= 15 is 0 Å². The first-order chi connectivity index (χ1) is 8.96. The van der Waals surface area contributed by atoms with E-state index in [0.29, 0.717) is 5.02 Å². The third-order valence-electron chi connectivity index (χ3n) is 2.58. The first-order valence-electron chi connectivity index (χ1n) is 5.96. The van der Waals surface area contributed by atoms with Crippen LogP contribution in [0.15, 0.2) is 29.4 Å². The van der Waals surface area contributed by atoms with Gasteiger partial charge in [-0.3, -0.25) is 0 Å². The van der Waals surface area contributed by atoms with E-state index in [2.05, 4.69) is 5.16 Å². The van der Waals surface area contributed by atoms with Crippen LogP contribution in [-0.2, 0) is 4.84 Å². The van der Waals surface area contributed by atoms with Gasteiger partial charge in [-0.2, -0.15) is 0 Å². The lowest BCUT2D eigenvalue weighted by molar-refractivity contribution is 0.0123. The second-order valence-corrected chi connectivity index (χ2v) is 6.39. The molecule has 1 aliphatic rings. The summed E-state index contributed by atoms with van der Waals surface area (Å²) in [6.07, 6.45) is 4.71. The van der Waals surface area contributed by atoms with Crippen molar-refractivity contribution in [3.05, 3.63) is 40.7 Å². The summed E-state index contributed by atoms with van der Waals surface area (Å²) in [7, 11) is 0. The van der Waals surface area contributed by atoms with E-state index in [1.54, 1.807) is 17.8 Å². The van der Waals surface area contributed by atoms with Crippen molar-refractivity contribution in [2.24, 2.45) is 5.16 Å². The number of benzene rings is 1. The number of rotatable bonds is 3. The van der Waals surface area contributed by atoms with Crippen LogP contribution in [0.4, 0.5) is 4.39 Å². The number of hydrogen-bond acceptors (Lipinski definition) is 3. The second kappa shape index (κ2) is 5.97. The van der Waals surface area contributed by atoms with Gasteiger partial charge >= 0.3 is 0 Å². The Labute approximate surface area is 121 Å². The molecule has 2 nitrogen and oxygen atoms in total. The highest BCUT2D eigenvalue weighted by Gasteiger charge is 2.28. The topological polar surface area (TPSA) is 21.6 Å². The van der Waals surface area contributed by atoms with E-state index < -0.39 is 0 Å². The van der Waals surface area contributed by atoms with Gasteiger partial charge in [0.15, 0.2) is 0 Å². The largest absolute Gasteiger partial charge is 0.389 e. The normalized spacial score (nSPS) is 17.6. The first kappa shape index (κ1) is 14.4. The van der Waals surface area contributed by atoms with Crippen LogP contribution < -0.4 is 0 Å². The molecule has 0 aromatic heterocycles. The van der Waals surface area contributed by atoms with Crippen LogP contribution in [0.2, 0.25) is 5.02 Å². The number of thioether (sulfide) groups is 1. The highest BCUT2D eigenvalue weighted by atomic mass is 35.5. The van der Waals surface area contributed by atoms with E-state index in [0.717, 1.165) is 22.8 Å². The molecule has 1 aliphatic heterocycles. The summed E-state index contributed by atoms with van der Waals surface area (Å²) in [6.45, 7) is 4.02. The van der Waals surface area contributed by atoms with Gasteiger partial charge in [0, 0.05) is 12.2 Å². The molecule has 0 spiro atoms. The van der Waals surface area contributed by atoms with Gasteiger partial charge in [0.2, 0.25) is 0 Å². The molecule has 0 aliphatic carbocycles. The zero-order valence-corrected chi connectivity index (χ0v) is 12.4. The predicted octanol–water partition coefficient (Wildman–Crippen LogP) is 4.74. The Hall–Kier alpha value is -1.00. The van der Waals surface area contributed by atoms with Crippen LogP contribution in [0, 0.1) is 5.82 Å². The molecule has 0 amide bonds. The highest BCUT2D eigenvalue weighted by molar-refractivity contribution is 8.14. The molecule has 0 bridgehead atoms. The van der Waals surface area contributed by atoms with Crippen molar-refractivity contribution in [3.63, 3.8) is 0 Å². The van der Waals surface area contributed by atoms with Gasteiger partial charge in [-0.1, -0.05) is 35.0 Å². The third-order valence-corrected chi connectivity index (χ3v) is 3.82. The number of oxime groups is 1. The average molecular weight is 300 g/mol. The maximum absolute atomic E-state index is 12.9. The molecule has 0 unspecified atom stereocenters. The van der Waals surface area contributed by atoms with Crippen LogP contribution in [0.3, 0.4) is 0 Å². The Bertz CT molecular complexity index is 528. The minimum absolute atomic E-state index is 0.188. The van der Waals surface area contributed by atoms with Crippen molar-refractivity contribution >= 4 is 34.5 Å². The molecule has 1 aromatic rings. The molecule has 5 heteroatoms. The standard InChI is InChI=1S/C14H15ClFNOS/c1-14(2)9-13(17-18-14)19-7-3-4-10-5-6-11(16)8-12(10)15/h3-6,8H,7,9H2,1-2H3/b4-3+. The number of hydrogen-bond donors (Lipinski definition) is 0. The lowest BCUT2D eigenvalue weighted by Gasteiger charge is -2.12. The van der Waals surface area contributed by atoms with E-state index in [1.165, 1.54) is 12.1 Å². The molecule has 1 aromatic carbocycles. The van der Waals surface area contributed by atoms with Crippen LogP contribution in [0.1, 0.15) is 25.8 Å². The molecule has 0 N–H and O–H groups in total. The summed E-state index contributed by atoms with van der Waals surface area (Å²) < 4.78 is 12.9. The molecule has 0 saturated heterocycles. The van der Waals surface area contributed by atoms with Crippen molar-refractivity contribution in [2.45, 2.75) is 25.9 Å². The summed E-state index contributed by atoms with van der Waals surface area (Å²) in [5.41, 5.74) is 0.625. The molecule has 2 rings (SSSR count). The van der Waals surface area contributed by atoms with Gasteiger partial charge in [-0.15, -0.1) is 11.8 Å².